The van der Waals surface area contributed by atoms with Gasteiger partial charge < -0.3 is 4.74 Å². The van der Waals surface area contributed by atoms with Gasteiger partial charge in [0, 0.05) is 4.88 Å². The fourth-order valence-electron chi connectivity index (χ4n) is 5.67. The largest absolute Gasteiger partial charge is 0.363 e. The van der Waals surface area contributed by atoms with Crippen molar-refractivity contribution in [2.75, 3.05) is 0 Å². The number of thiophene rings is 1. The van der Waals surface area contributed by atoms with Gasteiger partial charge in [0.25, 0.3) is 0 Å². The van der Waals surface area contributed by atoms with Gasteiger partial charge >= 0.3 is 0 Å². The minimum atomic E-state index is 0.275. The summed E-state index contributed by atoms with van der Waals surface area (Å²) in [4.78, 5) is 1.68. The standard InChI is InChI=1S/C16H20OS/c1-15-7-5-13-11-2-3-14-12(6-9-18-14)10(11)4-8-16(13,15)17-15/h6,9-11,13H,2-5,7-8H2,1H3. The SMILES string of the molecule is CC12CCC3C4CCc5sccc5C4CCC31O2. The molecule has 2 saturated carbocycles. The maximum atomic E-state index is 6.25. The van der Waals surface area contributed by atoms with Crippen molar-refractivity contribution in [3.63, 3.8) is 0 Å². The molecule has 1 aliphatic heterocycles. The van der Waals surface area contributed by atoms with Crippen LogP contribution in [0.25, 0.3) is 0 Å². The highest BCUT2D eigenvalue weighted by Gasteiger charge is 2.76. The molecule has 3 aliphatic carbocycles. The summed E-state index contributed by atoms with van der Waals surface area (Å²) in [5.41, 5.74) is 2.31. The van der Waals surface area contributed by atoms with Crippen LogP contribution in [-0.2, 0) is 11.2 Å². The van der Waals surface area contributed by atoms with Gasteiger partial charge in [0.05, 0.1) is 5.60 Å². The number of ether oxygens (including phenoxy) is 1. The van der Waals surface area contributed by atoms with Crippen LogP contribution in [-0.4, -0.2) is 11.2 Å². The molecular weight excluding hydrogens is 240 g/mol. The Morgan fingerprint density at radius 3 is 3.11 bits per heavy atom. The second kappa shape index (κ2) is 3.04. The Kier molecular flexibility index (Phi) is 1.76. The summed E-state index contributed by atoms with van der Waals surface area (Å²) in [5.74, 6) is 2.65. The molecule has 18 heavy (non-hydrogen) atoms. The van der Waals surface area contributed by atoms with Crippen LogP contribution in [0.4, 0.5) is 0 Å². The molecule has 3 fully saturated rings. The van der Waals surface area contributed by atoms with Crippen molar-refractivity contribution < 1.29 is 4.74 Å². The van der Waals surface area contributed by atoms with Crippen LogP contribution in [0.1, 0.15) is 55.4 Å². The molecule has 0 radical (unpaired) electrons. The van der Waals surface area contributed by atoms with Crippen molar-refractivity contribution in [2.45, 2.75) is 62.6 Å². The third-order valence-corrected chi connectivity index (χ3v) is 7.53. The zero-order valence-electron chi connectivity index (χ0n) is 10.9. The van der Waals surface area contributed by atoms with Crippen LogP contribution >= 0.6 is 11.3 Å². The van der Waals surface area contributed by atoms with E-state index in [9.17, 15) is 0 Å². The smallest absolute Gasteiger partial charge is 0.101 e. The zero-order chi connectivity index (χ0) is 12.0. The lowest BCUT2D eigenvalue weighted by Crippen LogP contribution is -2.40. The van der Waals surface area contributed by atoms with Gasteiger partial charge in [-0.1, -0.05) is 0 Å². The number of hydrogen-bond donors (Lipinski definition) is 0. The number of epoxide rings is 1. The van der Waals surface area contributed by atoms with Crippen LogP contribution in [0.15, 0.2) is 11.4 Å². The first-order valence-electron chi connectivity index (χ1n) is 7.50. The monoisotopic (exact) mass is 260 g/mol. The summed E-state index contributed by atoms with van der Waals surface area (Å²) < 4.78 is 6.25. The normalized spacial score (nSPS) is 52.2. The molecule has 1 aromatic heterocycles. The van der Waals surface area contributed by atoms with Gasteiger partial charge in [0.2, 0.25) is 0 Å². The van der Waals surface area contributed by atoms with Crippen LogP contribution in [0.5, 0.6) is 0 Å². The Hall–Kier alpha value is -0.340. The summed E-state index contributed by atoms with van der Waals surface area (Å²) in [7, 11) is 0. The van der Waals surface area contributed by atoms with Crippen molar-refractivity contribution in [3.05, 3.63) is 21.9 Å². The predicted molar refractivity (Wildman–Crippen MR) is 73.1 cm³/mol. The van der Waals surface area contributed by atoms with E-state index in [1.807, 2.05) is 11.3 Å². The molecule has 0 aromatic carbocycles. The third kappa shape index (κ3) is 1.01. The highest BCUT2D eigenvalue weighted by Crippen LogP contribution is 2.71. The maximum Gasteiger partial charge on any atom is 0.101 e. The molecule has 5 unspecified atom stereocenters. The number of fused-ring (bicyclic) bond motifs is 4. The highest BCUT2D eigenvalue weighted by molar-refractivity contribution is 7.10. The van der Waals surface area contributed by atoms with E-state index >= 15 is 0 Å². The molecule has 1 aromatic rings. The van der Waals surface area contributed by atoms with Crippen molar-refractivity contribution in [2.24, 2.45) is 11.8 Å². The lowest BCUT2D eigenvalue weighted by Gasteiger charge is -2.43. The molecule has 0 amide bonds. The van der Waals surface area contributed by atoms with Crippen molar-refractivity contribution >= 4 is 11.3 Å². The van der Waals surface area contributed by atoms with Crippen LogP contribution in [0, 0.1) is 11.8 Å². The Morgan fingerprint density at radius 1 is 1.28 bits per heavy atom. The van der Waals surface area contributed by atoms with E-state index in [1.54, 1.807) is 10.4 Å². The molecule has 1 saturated heterocycles. The molecule has 5 rings (SSSR count). The number of aryl methyl sites for hydroxylation is 1. The molecule has 96 valence electrons. The first-order chi connectivity index (χ1) is 8.74. The van der Waals surface area contributed by atoms with E-state index < -0.39 is 0 Å². The van der Waals surface area contributed by atoms with E-state index in [0.29, 0.717) is 5.60 Å². The Labute approximate surface area is 113 Å². The second-order valence-electron chi connectivity index (χ2n) is 7.01. The molecule has 1 nitrogen and oxygen atoms in total. The number of hydrogen-bond acceptors (Lipinski definition) is 2. The first-order valence-corrected chi connectivity index (χ1v) is 8.38. The lowest BCUT2D eigenvalue weighted by molar-refractivity contribution is 0.0637. The molecule has 4 aliphatic rings. The van der Waals surface area contributed by atoms with Gasteiger partial charge in [0.15, 0.2) is 0 Å². The summed E-state index contributed by atoms with van der Waals surface area (Å²) in [6.07, 6.45) is 8.20. The van der Waals surface area contributed by atoms with Crippen molar-refractivity contribution in [1.29, 1.82) is 0 Å². The third-order valence-electron chi connectivity index (χ3n) is 6.54. The summed E-state index contributed by atoms with van der Waals surface area (Å²) in [6, 6.07) is 2.41. The minimum Gasteiger partial charge on any atom is -0.363 e. The van der Waals surface area contributed by atoms with Gasteiger partial charge in [-0.2, -0.15) is 0 Å². The Morgan fingerprint density at radius 2 is 2.22 bits per heavy atom. The minimum absolute atomic E-state index is 0.275. The van der Waals surface area contributed by atoms with E-state index in [-0.39, 0.29) is 5.60 Å². The average Bonchev–Trinajstić information content (AvgIpc) is 2.75. The maximum absolute atomic E-state index is 6.25. The quantitative estimate of drug-likeness (QED) is 0.639. The molecule has 2 heterocycles. The van der Waals surface area contributed by atoms with E-state index in [1.165, 1.54) is 38.5 Å². The lowest BCUT2D eigenvalue weighted by atomic mass is 9.61. The van der Waals surface area contributed by atoms with Crippen LogP contribution in [0.2, 0.25) is 0 Å². The van der Waals surface area contributed by atoms with E-state index in [4.69, 9.17) is 4.74 Å². The van der Waals surface area contributed by atoms with Crippen LogP contribution < -0.4 is 0 Å². The van der Waals surface area contributed by atoms with Crippen molar-refractivity contribution in [1.82, 2.24) is 0 Å². The van der Waals surface area contributed by atoms with Gasteiger partial charge in [0.1, 0.15) is 5.60 Å². The first kappa shape index (κ1) is 10.4. The van der Waals surface area contributed by atoms with Gasteiger partial charge in [-0.15, -0.1) is 11.3 Å². The molecule has 0 bridgehead atoms. The molecule has 0 N–H and O–H groups in total. The Bertz CT molecular complexity index is 521. The van der Waals surface area contributed by atoms with E-state index in [0.717, 1.165) is 17.8 Å². The average molecular weight is 260 g/mol. The summed E-state index contributed by atoms with van der Waals surface area (Å²) >= 11 is 1.98. The molecular formula is C16H20OS. The molecule has 2 heteroatoms. The molecule has 1 spiro atoms. The molecule has 5 atom stereocenters. The predicted octanol–water partition coefficient (Wildman–Crippen LogP) is 4.13. The fraction of sp³-hybridized carbons (Fsp3) is 0.750. The van der Waals surface area contributed by atoms with Gasteiger partial charge in [-0.05, 0) is 80.2 Å². The highest BCUT2D eigenvalue weighted by atomic mass is 32.1. The Balaban J connectivity index is 1.56. The van der Waals surface area contributed by atoms with Gasteiger partial charge in [-0.3, -0.25) is 0 Å². The summed E-state index contributed by atoms with van der Waals surface area (Å²) in [6.45, 7) is 2.37. The van der Waals surface area contributed by atoms with Crippen molar-refractivity contribution in [3.8, 4) is 0 Å². The van der Waals surface area contributed by atoms with E-state index in [2.05, 4.69) is 18.4 Å². The topological polar surface area (TPSA) is 12.5 Å². The zero-order valence-corrected chi connectivity index (χ0v) is 11.8. The van der Waals surface area contributed by atoms with Crippen LogP contribution in [0.3, 0.4) is 0 Å². The number of rotatable bonds is 0. The van der Waals surface area contributed by atoms with Gasteiger partial charge in [-0.25, -0.2) is 0 Å². The second-order valence-corrected chi connectivity index (χ2v) is 8.02. The summed E-state index contributed by atoms with van der Waals surface area (Å²) in [5, 5.41) is 2.31. The fourth-order valence-corrected chi connectivity index (χ4v) is 6.64.